The molecule has 90 valence electrons. The molecule has 0 radical (unpaired) electrons. The van der Waals surface area contributed by atoms with Crippen LogP contribution in [0.1, 0.15) is 38.6 Å². The van der Waals surface area contributed by atoms with Crippen molar-refractivity contribution in [2.45, 2.75) is 44.7 Å². The van der Waals surface area contributed by atoms with Gasteiger partial charge in [-0.15, -0.1) is 0 Å². The molecular formula is C11H20N4O. The van der Waals surface area contributed by atoms with E-state index in [9.17, 15) is 0 Å². The zero-order valence-corrected chi connectivity index (χ0v) is 10.0. The highest BCUT2D eigenvalue weighted by molar-refractivity contribution is 4.99. The SMILES string of the molecule is CC(C)n1ncnc1CC1(N)CCCOC1. The van der Waals surface area contributed by atoms with Crippen LogP contribution < -0.4 is 5.73 Å². The van der Waals surface area contributed by atoms with Gasteiger partial charge in [0.1, 0.15) is 12.2 Å². The normalized spacial score (nSPS) is 26.2. The molecule has 1 atom stereocenters. The first-order chi connectivity index (χ1) is 7.61. The molecule has 0 amide bonds. The van der Waals surface area contributed by atoms with Crippen molar-refractivity contribution in [3.8, 4) is 0 Å². The van der Waals surface area contributed by atoms with E-state index in [0.717, 1.165) is 31.7 Å². The van der Waals surface area contributed by atoms with Crippen molar-refractivity contribution >= 4 is 0 Å². The average Bonchev–Trinajstić information content (AvgIpc) is 2.66. The Morgan fingerprint density at radius 3 is 3.06 bits per heavy atom. The average molecular weight is 224 g/mol. The molecule has 2 N–H and O–H groups in total. The van der Waals surface area contributed by atoms with E-state index in [1.54, 1.807) is 6.33 Å². The summed E-state index contributed by atoms with van der Waals surface area (Å²) < 4.78 is 7.39. The topological polar surface area (TPSA) is 66.0 Å². The standard InChI is InChI=1S/C11H20N4O/c1-9(2)15-10(13-8-14-15)6-11(12)4-3-5-16-7-11/h8-9H,3-7,12H2,1-2H3. The molecule has 16 heavy (non-hydrogen) atoms. The van der Waals surface area contributed by atoms with Gasteiger partial charge in [0.25, 0.3) is 0 Å². The van der Waals surface area contributed by atoms with E-state index >= 15 is 0 Å². The maximum absolute atomic E-state index is 6.31. The van der Waals surface area contributed by atoms with Crippen molar-refractivity contribution in [2.24, 2.45) is 5.73 Å². The highest BCUT2D eigenvalue weighted by Gasteiger charge is 2.30. The Bertz CT molecular complexity index is 342. The summed E-state index contributed by atoms with van der Waals surface area (Å²) in [7, 11) is 0. The summed E-state index contributed by atoms with van der Waals surface area (Å²) in [4.78, 5) is 4.29. The van der Waals surface area contributed by atoms with Crippen LogP contribution in [0.3, 0.4) is 0 Å². The van der Waals surface area contributed by atoms with Crippen LogP contribution >= 0.6 is 0 Å². The molecule has 5 nitrogen and oxygen atoms in total. The van der Waals surface area contributed by atoms with Gasteiger partial charge in [0.2, 0.25) is 0 Å². The number of nitrogens with zero attached hydrogens (tertiary/aromatic N) is 3. The minimum atomic E-state index is -0.266. The molecular weight excluding hydrogens is 204 g/mol. The molecule has 0 aromatic carbocycles. The van der Waals surface area contributed by atoms with Crippen LogP contribution in [-0.4, -0.2) is 33.5 Å². The Morgan fingerprint density at radius 2 is 2.44 bits per heavy atom. The van der Waals surface area contributed by atoms with E-state index in [2.05, 4.69) is 23.9 Å². The van der Waals surface area contributed by atoms with Gasteiger partial charge in [0, 0.05) is 24.6 Å². The second-order valence-corrected chi connectivity index (χ2v) is 4.91. The lowest BCUT2D eigenvalue weighted by Crippen LogP contribution is -2.49. The summed E-state index contributed by atoms with van der Waals surface area (Å²) in [5, 5.41) is 4.22. The molecule has 0 aliphatic carbocycles. The molecule has 2 heterocycles. The first-order valence-electron chi connectivity index (χ1n) is 5.86. The van der Waals surface area contributed by atoms with Crippen LogP contribution in [0, 0.1) is 0 Å². The summed E-state index contributed by atoms with van der Waals surface area (Å²) in [6, 6.07) is 0.325. The van der Waals surface area contributed by atoms with Gasteiger partial charge in [-0.25, -0.2) is 9.67 Å². The molecule has 1 unspecified atom stereocenters. The fraction of sp³-hybridized carbons (Fsp3) is 0.818. The predicted octanol–water partition coefficient (Wildman–Crippen LogP) is 0.909. The third-order valence-electron chi connectivity index (χ3n) is 3.00. The summed E-state index contributed by atoms with van der Waals surface area (Å²) in [6.45, 7) is 5.64. The van der Waals surface area contributed by atoms with Gasteiger partial charge in [-0.1, -0.05) is 0 Å². The molecule has 1 aliphatic heterocycles. The first kappa shape index (κ1) is 11.5. The van der Waals surface area contributed by atoms with Gasteiger partial charge in [-0.2, -0.15) is 5.10 Å². The molecule has 1 aliphatic rings. The van der Waals surface area contributed by atoms with Crippen molar-refractivity contribution in [1.29, 1.82) is 0 Å². The van der Waals surface area contributed by atoms with Crippen LogP contribution in [0.25, 0.3) is 0 Å². The minimum absolute atomic E-state index is 0.266. The molecule has 1 fully saturated rings. The maximum atomic E-state index is 6.31. The minimum Gasteiger partial charge on any atom is -0.380 e. The zero-order chi connectivity index (χ0) is 11.6. The largest absolute Gasteiger partial charge is 0.380 e. The van der Waals surface area contributed by atoms with E-state index in [1.165, 1.54) is 0 Å². The second kappa shape index (κ2) is 4.51. The Morgan fingerprint density at radius 1 is 1.62 bits per heavy atom. The second-order valence-electron chi connectivity index (χ2n) is 4.91. The van der Waals surface area contributed by atoms with E-state index in [1.807, 2.05) is 4.68 Å². The Labute approximate surface area is 96.0 Å². The number of rotatable bonds is 3. The van der Waals surface area contributed by atoms with Crippen molar-refractivity contribution in [2.75, 3.05) is 13.2 Å². The third-order valence-corrected chi connectivity index (χ3v) is 3.00. The number of nitrogens with two attached hydrogens (primary N) is 1. The first-order valence-corrected chi connectivity index (χ1v) is 5.86. The summed E-state index contributed by atoms with van der Waals surface area (Å²) >= 11 is 0. The van der Waals surface area contributed by atoms with E-state index in [0.29, 0.717) is 12.6 Å². The predicted molar refractivity (Wildman–Crippen MR) is 61.1 cm³/mol. The van der Waals surface area contributed by atoms with Crippen LogP contribution in [-0.2, 0) is 11.2 Å². The van der Waals surface area contributed by atoms with Crippen molar-refractivity contribution in [1.82, 2.24) is 14.8 Å². The quantitative estimate of drug-likeness (QED) is 0.828. The Hall–Kier alpha value is -0.940. The molecule has 1 aromatic rings. The summed E-state index contributed by atoms with van der Waals surface area (Å²) in [5.41, 5.74) is 6.05. The van der Waals surface area contributed by atoms with Crippen LogP contribution in [0.5, 0.6) is 0 Å². The summed E-state index contributed by atoms with van der Waals surface area (Å²) in [6.07, 6.45) is 4.37. The van der Waals surface area contributed by atoms with Crippen molar-refractivity contribution in [3.05, 3.63) is 12.2 Å². The van der Waals surface area contributed by atoms with Gasteiger partial charge in [0.15, 0.2) is 0 Å². The van der Waals surface area contributed by atoms with Crippen LogP contribution in [0.4, 0.5) is 0 Å². The lowest BCUT2D eigenvalue weighted by Gasteiger charge is -2.33. The molecule has 0 spiro atoms. The highest BCUT2D eigenvalue weighted by atomic mass is 16.5. The molecule has 0 bridgehead atoms. The number of hydrogen-bond donors (Lipinski definition) is 1. The maximum Gasteiger partial charge on any atom is 0.138 e. The fourth-order valence-electron chi connectivity index (χ4n) is 2.16. The molecule has 5 heteroatoms. The van der Waals surface area contributed by atoms with Gasteiger partial charge < -0.3 is 10.5 Å². The lowest BCUT2D eigenvalue weighted by molar-refractivity contribution is 0.0369. The lowest BCUT2D eigenvalue weighted by atomic mass is 9.90. The Kier molecular flexibility index (Phi) is 3.25. The van der Waals surface area contributed by atoms with E-state index < -0.39 is 0 Å². The highest BCUT2D eigenvalue weighted by Crippen LogP contribution is 2.21. The van der Waals surface area contributed by atoms with Crippen LogP contribution in [0.2, 0.25) is 0 Å². The third kappa shape index (κ3) is 2.41. The monoisotopic (exact) mass is 224 g/mol. The summed E-state index contributed by atoms with van der Waals surface area (Å²) in [5.74, 6) is 0.961. The molecule has 1 saturated heterocycles. The Balaban J connectivity index is 2.10. The molecule has 0 saturated carbocycles. The smallest absolute Gasteiger partial charge is 0.138 e. The molecule has 1 aromatic heterocycles. The van der Waals surface area contributed by atoms with Gasteiger partial charge in [-0.05, 0) is 26.7 Å². The number of ether oxygens (including phenoxy) is 1. The van der Waals surface area contributed by atoms with Gasteiger partial charge in [0.05, 0.1) is 6.61 Å². The fourth-order valence-corrected chi connectivity index (χ4v) is 2.16. The number of aromatic nitrogens is 3. The van der Waals surface area contributed by atoms with Crippen molar-refractivity contribution < 1.29 is 4.74 Å². The van der Waals surface area contributed by atoms with Gasteiger partial charge >= 0.3 is 0 Å². The van der Waals surface area contributed by atoms with Crippen LogP contribution in [0.15, 0.2) is 6.33 Å². The molecule has 2 rings (SSSR count). The van der Waals surface area contributed by atoms with E-state index in [-0.39, 0.29) is 5.54 Å². The zero-order valence-electron chi connectivity index (χ0n) is 10.0. The van der Waals surface area contributed by atoms with Gasteiger partial charge in [-0.3, -0.25) is 0 Å². The number of hydrogen-bond acceptors (Lipinski definition) is 4. The van der Waals surface area contributed by atoms with Crippen molar-refractivity contribution in [3.63, 3.8) is 0 Å². The van der Waals surface area contributed by atoms with E-state index in [4.69, 9.17) is 10.5 Å².